The molecule has 134 valence electrons. The number of halogens is 1. The van der Waals surface area contributed by atoms with Crippen molar-refractivity contribution in [3.8, 4) is 5.75 Å². The SMILES string of the molecule is CCOc1ccccc1COC(=O)CNS(=O)(=O)c1cccc(Br)c1. The van der Waals surface area contributed by atoms with E-state index in [0.717, 1.165) is 0 Å². The molecule has 25 heavy (non-hydrogen) atoms. The molecule has 0 atom stereocenters. The van der Waals surface area contributed by atoms with E-state index in [0.29, 0.717) is 22.4 Å². The molecule has 6 nitrogen and oxygen atoms in total. The average Bonchev–Trinajstić information content (AvgIpc) is 2.59. The quantitative estimate of drug-likeness (QED) is 0.654. The van der Waals surface area contributed by atoms with E-state index in [1.807, 2.05) is 19.1 Å². The number of ether oxygens (including phenoxy) is 2. The third kappa shape index (κ3) is 5.84. The fourth-order valence-electron chi connectivity index (χ4n) is 2.00. The van der Waals surface area contributed by atoms with Gasteiger partial charge in [0.25, 0.3) is 0 Å². The van der Waals surface area contributed by atoms with E-state index in [9.17, 15) is 13.2 Å². The lowest BCUT2D eigenvalue weighted by molar-refractivity contribution is -0.143. The monoisotopic (exact) mass is 427 g/mol. The highest BCUT2D eigenvalue weighted by molar-refractivity contribution is 9.10. The van der Waals surface area contributed by atoms with Crippen LogP contribution in [0.3, 0.4) is 0 Å². The van der Waals surface area contributed by atoms with Gasteiger partial charge in [0.1, 0.15) is 18.9 Å². The zero-order valence-electron chi connectivity index (χ0n) is 13.6. The molecule has 2 rings (SSSR count). The summed E-state index contributed by atoms with van der Waals surface area (Å²) in [6.45, 7) is 1.91. The van der Waals surface area contributed by atoms with Gasteiger partial charge in [-0.25, -0.2) is 8.42 Å². The summed E-state index contributed by atoms with van der Waals surface area (Å²) in [4.78, 5) is 11.9. The van der Waals surface area contributed by atoms with E-state index in [1.54, 1.807) is 24.3 Å². The van der Waals surface area contributed by atoms with Crippen LogP contribution >= 0.6 is 15.9 Å². The first-order valence-corrected chi connectivity index (χ1v) is 9.81. The van der Waals surface area contributed by atoms with Crippen molar-refractivity contribution in [1.82, 2.24) is 4.72 Å². The maximum Gasteiger partial charge on any atom is 0.321 e. The Balaban J connectivity index is 1.91. The molecule has 2 aromatic carbocycles. The van der Waals surface area contributed by atoms with Crippen LogP contribution in [-0.2, 0) is 26.2 Å². The maximum absolute atomic E-state index is 12.1. The lowest BCUT2D eigenvalue weighted by Crippen LogP contribution is -2.30. The van der Waals surface area contributed by atoms with Gasteiger partial charge in [-0.2, -0.15) is 4.72 Å². The van der Waals surface area contributed by atoms with E-state index >= 15 is 0 Å². The van der Waals surface area contributed by atoms with Crippen molar-refractivity contribution in [2.75, 3.05) is 13.2 Å². The van der Waals surface area contributed by atoms with Crippen molar-refractivity contribution in [2.24, 2.45) is 0 Å². The second kappa shape index (κ2) is 8.98. The second-order valence-electron chi connectivity index (χ2n) is 4.98. The molecule has 0 heterocycles. The standard InChI is InChI=1S/C17H18BrNO5S/c1-2-23-16-9-4-3-6-13(16)12-24-17(20)11-19-25(21,22)15-8-5-7-14(18)10-15/h3-10,19H,2,11-12H2,1H3. The summed E-state index contributed by atoms with van der Waals surface area (Å²) in [6.07, 6.45) is 0. The van der Waals surface area contributed by atoms with Gasteiger partial charge in [0.2, 0.25) is 10.0 Å². The molecule has 2 aromatic rings. The van der Waals surface area contributed by atoms with Gasteiger partial charge in [0, 0.05) is 10.0 Å². The van der Waals surface area contributed by atoms with E-state index in [4.69, 9.17) is 9.47 Å². The summed E-state index contributed by atoms with van der Waals surface area (Å²) >= 11 is 3.21. The van der Waals surface area contributed by atoms with Crippen molar-refractivity contribution in [3.05, 3.63) is 58.6 Å². The van der Waals surface area contributed by atoms with Gasteiger partial charge in [0.05, 0.1) is 11.5 Å². The lowest BCUT2D eigenvalue weighted by atomic mass is 10.2. The number of esters is 1. The van der Waals surface area contributed by atoms with Crippen molar-refractivity contribution in [2.45, 2.75) is 18.4 Å². The Kier molecular flexibility index (Phi) is 6.98. The Hall–Kier alpha value is -1.90. The van der Waals surface area contributed by atoms with Gasteiger partial charge >= 0.3 is 5.97 Å². The van der Waals surface area contributed by atoms with Crippen LogP contribution in [0.25, 0.3) is 0 Å². The first kappa shape index (κ1) is 19.4. The molecule has 0 unspecified atom stereocenters. The minimum atomic E-state index is -3.78. The number of hydrogen-bond acceptors (Lipinski definition) is 5. The molecule has 0 aliphatic rings. The molecule has 0 aliphatic carbocycles. The Morgan fingerprint density at radius 3 is 2.64 bits per heavy atom. The van der Waals surface area contributed by atoms with Gasteiger partial charge in [-0.05, 0) is 31.2 Å². The summed E-state index contributed by atoms with van der Waals surface area (Å²) in [5, 5.41) is 0. The highest BCUT2D eigenvalue weighted by Gasteiger charge is 2.16. The first-order valence-electron chi connectivity index (χ1n) is 7.54. The summed E-state index contributed by atoms with van der Waals surface area (Å²) in [5.74, 6) is -0.0441. The smallest absolute Gasteiger partial charge is 0.321 e. The van der Waals surface area contributed by atoms with Crippen LogP contribution in [0.15, 0.2) is 57.9 Å². The molecule has 0 bridgehead atoms. The zero-order chi connectivity index (χ0) is 18.3. The Morgan fingerprint density at radius 2 is 1.92 bits per heavy atom. The molecule has 0 saturated heterocycles. The van der Waals surface area contributed by atoms with E-state index < -0.39 is 22.5 Å². The molecule has 0 saturated carbocycles. The van der Waals surface area contributed by atoms with Crippen molar-refractivity contribution < 1.29 is 22.7 Å². The molecule has 0 aromatic heterocycles. The van der Waals surface area contributed by atoms with Crippen LogP contribution in [0, 0.1) is 0 Å². The molecule has 0 spiro atoms. The third-order valence-corrected chi connectivity index (χ3v) is 5.07. The molecule has 0 radical (unpaired) electrons. The predicted octanol–water partition coefficient (Wildman–Crippen LogP) is 2.87. The fraction of sp³-hybridized carbons (Fsp3) is 0.235. The largest absolute Gasteiger partial charge is 0.493 e. The molecule has 0 amide bonds. The minimum Gasteiger partial charge on any atom is -0.493 e. The number of nitrogens with one attached hydrogen (secondary N) is 1. The van der Waals surface area contributed by atoms with Crippen molar-refractivity contribution in [1.29, 1.82) is 0 Å². The zero-order valence-corrected chi connectivity index (χ0v) is 16.0. The van der Waals surface area contributed by atoms with Gasteiger partial charge < -0.3 is 9.47 Å². The Morgan fingerprint density at radius 1 is 1.16 bits per heavy atom. The minimum absolute atomic E-state index is 0.00756. The van der Waals surface area contributed by atoms with Gasteiger partial charge in [-0.15, -0.1) is 0 Å². The highest BCUT2D eigenvalue weighted by atomic mass is 79.9. The molecule has 1 N–H and O–H groups in total. The highest BCUT2D eigenvalue weighted by Crippen LogP contribution is 2.19. The van der Waals surface area contributed by atoms with Crippen molar-refractivity contribution >= 4 is 31.9 Å². The summed E-state index contributed by atoms with van der Waals surface area (Å²) < 4.78 is 37.7. The number of sulfonamides is 1. The van der Waals surface area contributed by atoms with Crippen LogP contribution in [-0.4, -0.2) is 27.5 Å². The van der Waals surface area contributed by atoms with E-state index in [-0.39, 0.29) is 11.5 Å². The average molecular weight is 428 g/mol. The van der Waals surface area contributed by atoms with Crippen LogP contribution in [0.5, 0.6) is 5.75 Å². The van der Waals surface area contributed by atoms with Crippen LogP contribution in [0.1, 0.15) is 12.5 Å². The number of carbonyl (C=O) groups is 1. The summed E-state index contributed by atoms with van der Waals surface area (Å²) in [5.41, 5.74) is 0.715. The molecule has 8 heteroatoms. The second-order valence-corrected chi connectivity index (χ2v) is 7.67. The molecular weight excluding hydrogens is 410 g/mol. The Bertz CT molecular complexity index is 838. The van der Waals surface area contributed by atoms with Crippen LogP contribution in [0.2, 0.25) is 0 Å². The topological polar surface area (TPSA) is 81.7 Å². The fourth-order valence-corrected chi connectivity index (χ4v) is 3.57. The van der Waals surface area contributed by atoms with Gasteiger partial charge in [-0.3, -0.25) is 4.79 Å². The third-order valence-electron chi connectivity index (χ3n) is 3.17. The lowest BCUT2D eigenvalue weighted by Gasteiger charge is -2.11. The van der Waals surface area contributed by atoms with E-state index in [2.05, 4.69) is 20.7 Å². The summed E-state index contributed by atoms with van der Waals surface area (Å²) in [6, 6.07) is 13.4. The van der Waals surface area contributed by atoms with Gasteiger partial charge in [0.15, 0.2) is 0 Å². The number of benzene rings is 2. The van der Waals surface area contributed by atoms with Crippen LogP contribution < -0.4 is 9.46 Å². The molecule has 0 fully saturated rings. The number of rotatable bonds is 8. The first-order chi connectivity index (χ1) is 11.9. The van der Waals surface area contributed by atoms with Gasteiger partial charge in [-0.1, -0.05) is 40.2 Å². The van der Waals surface area contributed by atoms with Crippen LogP contribution in [0.4, 0.5) is 0 Å². The normalized spacial score (nSPS) is 11.1. The number of carbonyl (C=O) groups excluding carboxylic acids is 1. The Labute approximate surface area is 155 Å². The maximum atomic E-state index is 12.1. The number of hydrogen-bond donors (Lipinski definition) is 1. The predicted molar refractivity (Wildman–Crippen MR) is 96.7 cm³/mol. The number of para-hydroxylation sites is 1. The summed E-state index contributed by atoms with van der Waals surface area (Å²) in [7, 11) is -3.78. The molecular formula is C17H18BrNO5S. The van der Waals surface area contributed by atoms with E-state index in [1.165, 1.54) is 12.1 Å². The van der Waals surface area contributed by atoms with Crippen molar-refractivity contribution in [3.63, 3.8) is 0 Å². The molecule has 0 aliphatic heterocycles.